The first kappa shape index (κ1) is 11.2. The molecular formula is C12H14ClN3. The Labute approximate surface area is 99.9 Å². The summed E-state index contributed by atoms with van der Waals surface area (Å²) in [4.78, 5) is 4.00. The van der Waals surface area contributed by atoms with Crippen molar-refractivity contribution in [3.8, 4) is 5.69 Å². The third-order valence-corrected chi connectivity index (χ3v) is 2.98. The van der Waals surface area contributed by atoms with Crippen molar-refractivity contribution in [2.75, 3.05) is 6.54 Å². The second kappa shape index (κ2) is 4.68. The SMILES string of the molecule is CC(CN)c1ccc(-n2ccnc2)c(Cl)c1. The van der Waals surface area contributed by atoms with Crippen LogP contribution in [0.3, 0.4) is 0 Å². The summed E-state index contributed by atoms with van der Waals surface area (Å²) in [6.45, 7) is 2.71. The lowest BCUT2D eigenvalue weighted by Crippen LogP contribution is -2.09. The average Bonchev–Trinajstić information content (AvgIpc) is 2.81. The molecule has 0 radical (unpaired) electrons. The van der Waals surface area contributed by atoms with Crippen LogP contribution in [-0.4, -0.2) is 16.1 Å². The Morgan fingerprint density at radius 1 is 1.50 bits per heavy atom. The third kappa shape index (κ3) is 2.10. The van der Waals surface area contributed by atoms with E-state index in [0.29, 0.717) is 12.5 Å². The second-order valence-electron chi connectivity index (χ2n) is 3.82. The molecule has 84 valence electrons. The maximum Gasteiger partial charge on any atom is 0.0992 e. The maximum atomic E-state index is 6.23. The van der Waals surface area contributed by atoms with Gasteiger partial charge in [-0.05, 0) is 30.2 Å². The van der Waals surface area contributed by atoms with Gasteiger partial charge in [0.2, 0.25) is 0 Å². The molecule has 2 aromatic rings. The second-order valence-corrected chi connectivity index (χ2v) is 4.22. The maximum absolute atomic E-state index is 6.23. The molecule has 4 heteroatoms. The van der Waals surface area contributed by atoms with Gasteiger partial charge >= 0.3 is 0 Å². The summed E-state index contributed by atoms with van der Waals surface area (Å²) in [5, 5.41) is 0.718. The Hall–Kier alpha value is -1.32. The quantitative estimate of drug-likeness (QED) is 0.889. The molecule has 1 aromatic carbocycles. The molecule has 0 bridgehead atoms. The minimum atomic E-state index is 0.328. The van der Waals surface area contributed by atoms with Gasteiger partial charge in [-0.1, -0.05) is 24.6 Å². The minimum Gasteiger partial charge on any atom is -0.330 e. The highest BCUT2D eigenvalue weighted by Gasteiger charge is 2.07. The van der Waals surface area contributed by atoms with Gasteiger partial charge in [0.1, 0.15) is 0 Å². The highest BCUT2D eigenvalue weighted by Crippen LogP contribution is 2.25. The summed E-state index contributed by atoms with van der Waals surface area (Å²) >= 11 is 6.23. The van der Waals surface area contributed by atoms with E-state index in [0.717, 1.165) is 16.3 Å². The molecule has 1 aromatic heterocycles. The van der Waals surface area contributed by atoms with E-state index in [9.17, 15) is 0 Å². The summed E-state index contributed by atoms with van der Waals surface area (Å²) < 4.78 is 1.89. The molecule has 0 amide bonds. The lowest BCUT2D eigenvalue weighted by molar-refractivity contribution is 0.773. The largest absolute Gasteiger partial charge is 0.330 e. The first-order chi connectivity index (χ1) is 7.72. The van der Waals surface area contributed by atoms with Crippen molar-refractivity contribution in [3.63, 3.8) is 0 Å². The molecule has 0 saturated heterocycles. The van der Waals surface area contributed by atoms with Crippen LogP contribution in [0.2, 0.25) is 5.02 Å². The molecule has 1 heterocycles. The highest BCUT2D eigenvalue weighted by atomic mass is 35.5. The zero-order valence-electron chi connectivity index (χ0n) is 9.10. The van der Waals surface area contributed by atoms with Gasteiger partial charge in [0.15, 0.2) is 0 Å². The van der Waals surface area contributed by atoms with E-state index in [2.05, 4.69) is 18.0 Å². The number of benzene rings is 1. The fraction of sp³-hybridized carbons (Fsp3) is 0.250. The van der Waals surface area contributed by atoms with E-state index in [4.69, 9.17) is 17.3 Å². The van der Waals surface area contributed by atoms with Crippen LogP contribution in [0.4, 0.5) is 0 Å². The lowest BCUT2D eigenvalue weighted by atomic mass is 10.0. The summed E-state index contributed by atoms with van der Waals surface area (Å²) in [7, 11) is 0. The van der Waals surface area contributed by atoms with Crippen molar-refractivity contribution in [2.45, 2.75) is 12.8 Å². The van der Waals surface area contributed by atoms with E-state index in [-0.39, 0.29) is 0 Å². The van der Waals surface area contributed by atoms with E-state index < -0.39 is 0 Å². The van der Waals surface area contributed by atoms with Crippen LogP contribution in [-0.2, 0) is 0 Å². The predicted octanol–water partition coefficient (Wildman–Crippen LogP) is 2.59. The molecule has 16 heavy (non-hydrogen) atoms. The van der Waals surface area contributed by atoms with Crippen LogP contribution in [0.1, 0.15) is 18.4 Å². The molecule has 2 N–H and O–H groups in total. The Morgan fingerprint density at radius 2 is 2.31 bits per heavy atom. The standard InChI is InChI=1S/C12H14ClN3/c1-9(7-14)10-2-3-12(11(13)6-10)16-5-4-15-8-16/h2-6,8-9H,7,14H2,1H3. The summed E-state index contributed by atoms with van der Waals surface area (Å²) in [6, 6.07) is 6.01. The van der Waals surface area contributed by atoms with Gasteiger partial charge in [-0.3, -0.25) is 0 Å². The van der Waals surface area contributed by atoms with Crippen molar-refractivity contribution in [2.24, 2.45) is 5.73 Å². The Bertz CT molecular complexity index is 465. The molecule has 0 aliphatic heterocycles. The van der Waals surface area contributed by atoms with E-state index in [1.165, 1.54) is 0 Å². The van der Waals surface area contributed by atoms with Crippen molar-refractivity contribution < 1.29 is 0 Å². The lowest BCUT2D eigenvalue weighted by Gasteiger charge is -2.11. The van der Waals surface area contributed by atoms with Gasteiger partial charge in [-0.15, -0.1) is 0 Å². The van der Waals surface area contributed by atoms with Crippen molar-refractivity contribution >= 4 is 11.6 Å². The van der Waals surface area contributed by atoms with Crippen LogP contribution >= 0.6 is 11.6 Å². The van der Waals surface area contributed by atoms with Gasteiger partial charge < -0.3 is 10.3 Å². The van der Waals surface area contributed by atoms with E-state index in [1.54, 1.807) is 12.5 Å². The Morgan fingerprint density at radius 3 is 2.88 bits per heavy atom. The molecule has 1 atom stereocenters. The predicted molar refractivity (Wildman–Crippen MR) is 66.0 cm³/mol. The summed E-state index contributed by atoms with van der Waals surface area (Å²) in [6.07, 6.45) is 5.33. The summed E-state index contributed by atoms with van der Waals surface area (Å²) in [5.41, 5.74) is 7.73. The molecular weight excluding hydrogens is 222 g/mol. The molecule has 0 spiro atoms. The van der Waals surface area contributed by atoms with Gasteiger partial charge in [-0.25, -0.2) is 4.98 Å². The fourth-order valence-corrected chi connectivity index (χ4v) is 1.86. The van der Waals surface area contributed by atoms with Crippen molar-refractivity contribution in [1.82, 2.24) is 9.55 Å². The van der Waals surface area contributed by atoms with E-state index in [1.807, 2.05) is 22.9 Å². The van der Waals surface area contributed by atoms with Crippen LogP contribution in [0.5, 0.6) is 0 Å². The Kier molecular flexibility index (Phi) is 3.27. The van der Waals surface area contributed by atoms with E-state index >= 15 is 0 Å². The third-order valence-electron chi connectivity index (χ3n) is 2.68. The number of nitrogens with two attached hydrogens (primary N) is 1. The zero-order chi connectivity index (χ0) is 11.5. The molecule has 3 nitrogen and oxygen atoms in total. The molecule has 0 saturated carbocycles. The van der Waals surface area contributed by atoms with Crippen LogP contribution in [0.15, 0.2) is 36.9 Å². The van der Waals surface area contributed by atoms with Gasteiger partial charge in [0, 0.05) is 12.4 Å². The van der Waals surface area contributed by atoms with Crippen LogP contribution in [0.25, 0.3) is 5.69 Å². The number of imidazole rings is 1. The minimum absolute atomic E-state index is 0.328. The number of nitrogens with zero attached hydrogens (tertiary/aromatic N) is 2. The van der Waals surface area contributed by atoms with Gasteiger partial charge in [0.25, 0.3) is 0 Å². The van der Waals surface area contributed by atoms with Crippen LogP contribution in [0, 0.1) is 0 Å². The Balaban J connectivity index is 2.37. The molecule has 0 fully saturated rings. The first-order valence-electron chi connectivity index (χ1n) is 5.20. The smallest absolute Gasteiger partial charge is 0.0992 e. The molecule has 2 rings (SSSR count). The topological polar surface area (TPSA) is 43.8 Å². The molecule has 0 aliphatic carbocycles. The normalized spacial score (nSPS) is 12.7. The molecule has 0 aliphatic rings. The van der Waals surface area contributed by atoms with Gasteiger partial charge in [0.05, 0.1) is 17.0 Å². The van der Waals surface area contributed by atoms with Crippen molar-refractivity contribution in [3.05, 3.63) is 47.5 Å². The fourth-order valence-electron chi connectivity index (χ4n) is 1.58. The van der Waals surface area contributed by atoms with Gasteiger partial charge in [-0.2, -0.15) is 0 Å². The van der Waals surface area contributed by atoms with Crippen molar-refractivity contribution in [1.29, 1.82) is 0 Å². The number of hydrogen-bond acceptors (Lipinski definition) is 2. The number of halogens is 1. The number of aromatic nitrogens is 2. The summed E-state index contributed by atoms with van der Waals surface area (Å²) in [5.74, 6) is 0.328. The van der Waals surface area contributed by atoms with Crippen LogP contribution < -0.4 is 5.73 Å². The number of rotatable bonds is 3. The number of hydrogen-bond donors (Lipinski definition) is 1. The average molecular weight is 236 g/mol. The zero-order valence-corrected chi connectivity index (χ0v) is 9.85. The highest BCUT2D eigenvalue weighted by molar-refractivity contribution is 6.32. The first-order valence-corrected chi connectivity index (χ1v) is 5.58. The molecule has 1 unspecified atom stereocenters. The monoisotopic (exact) mass is 235 g/mol.